The van der Waals surface area contributed by atoms with Crippen molar-refractivity contribution < 1.29 is 8.78 Å². The normalized spacial score (nSPS) is 12.2. The maximum absolute atomic E-state index is 12.9. The Morgan fingerprint density at radius 1 is 1.28 bits per heavy atom. The Balaban J connectivity index is 1.70. The second-order valence-electron chi connectivity index (χ2n) is 6.00. The van der Waals surface area contributed by atoms with Crippen LogP contribution in [-0.4, -0.2) is 32.4 Å². The van der Waals surface area contributed by atoms with Gasteiger partial charge in [-0.05, 0) is 24.6 Å². The highest BCUT2D eigenvalue weighted by Gasteiger charge is 2.21. The van der Waals surface area contributed by atoms with Gasteiger partial charge in [0.15, 0.2) is 0 Å². The van der Waals surface area contributed by atoms with Gasteiger partial charge in [0.1, 0.15) is 5.65 Å². The summed E-state index contributed by atoms with van der Waals surface area (Å²) < 4.78 is 27.0. The number of thiazole rings is 1. The van der Waals surface area contributed by atoms with Gasteiger partial charge in [-0.3, -0.25) is 0 Å². The number of nitrogens with one attached hydrogen (secondary N) is 2. The fourth-order valence-corrected chi connectivity index (χ4v) is 3.54. The molecule has 0 amide bonds. The maximum Gasteiger partial charge on any atom is 0.262 e. The summed E-state index contributed by atoms with van der Waals surface area (Å²) in [5.41, 5.74) is 3.59. The molecule has 3 aromatic heterocycles. The molecule has 0 saturated heterocycles. The van der Waals surface area contributed by atoms with Crippen LogP contribution in [0.2, 0.25) is 0 Å². The molecule has 0 fully saturated rings. The zero-order valence-corrected chi connectivity index (χ0v) is 14.4. The van der Waals surface area contributed by atoms with E-state index in [-0.39, 0.29) is 5.95 Å². The van der Waals surface area contributed by atoms with Crippen LogP contribution in [0.5, 0.6) is 0 Å². The van der Waals surface area contributed by atoms with Crippen LogP contribution in [0.15, 0.2) is 30.6 Å². The summed E-state index contributed by atoms with van der Waals surface area (Å²) in [6.07, 6.45) is 3.50. The molecule has 8 heteroatoms. The SMILES string of the molecule is Cc1nc2ccc(-c3c[nH]c4nc(NCC(C)(F)F)ncc34)cc2s1. The number of nitrogens with zero attached hydrogens (tertiary/aromatic N) is 3. The summed E-state index contributed by atoms with van der Waals surface area (Å²) in [6, 6.07) is 6.09. The molecule has 0 saturated carbocycles. The molecule has 0 aliphatic rings. The van der Waals surface area contributed by atoms with Gasteiger partial charge in [0.25, 0.3) is 5.92 Å². The van der Waals surface area contributed by atoms with Gasteiger partial charge in [-0.25, -0.2) is 18.7 Å². The lowest BCUT2D eigenvalue weighted by molar-refractivity contribution is 0.0366. The van der Waals surface area contributed by atoms with Crippen LogP contribution < -0.4 is 5.32 Å². The second kappa shape index (κ2) is 5.73. The van der Waals surface area contributed by atoms with Crippen molar-refractivity contribution in [1.82, 2.24) is 19.9 Å². The van der Waals surface area contributed by atoms with Gasteiger partial charge in [0.2, 0.25) is 5.95 Å². The third-order valence-electron chi connectivity index (χ3n) is 3.80. The van der Waals surface area contributed by atoms with Crippen molar-refractivity contribution in [2.24, 2.45) is 0 Å². The predicted octanol–water partition coefficient (Wildman–Crippen LogP) is 4.61. The van der Waals surface area contributed by atoms with Gasteiger partial charge in [0, 0.05) is 30.3 Å². The smallest absolute Gasteiger partial charge is 0.262 e. The number of aromatic amines is 1. The van der Waals surface area contributed by atoms with E-state index in [1.807, 2.05) is 25.3 Å². The van der Waals surface area contributed by atoms with Gasteiger partial charge >= 0.3 is 0 Å². The number of hydrogen-bond donors (Lipinski definition) is 2. The third kappa shape index (κ3) is 3.17. The van der Waals surface area contributed by atoms with E-state index in [0.717, 1.165) is 38.7 Å². The Hall–Kier alpha value is -2.61. The van der Waals surface area contributed by atoms with E-state index in [2.05, 4.69) is 31.3 Å². The van der Waals surface area contributed by atoms with Crippen LogP contribution in [0.4, 0.5) is 14.7 Å². The highest BCUT2D eigenvalue weighted by atomic mass is 32.1. The fourth-order valence-electron chi connectivity index (χ4n) is 2.67. The quantitative estimate of drug-likeness (QED) is 0.558. The fraction of sp³-hybridized carbons (Fsp3) is 0.235. The van der Waals surface area contributed by atoms with E-state index in [0.29, 0.717) is 5.65 Å². The number of aryl methyl sites for hydroxylation is 1. The zero-order chi connectivity index (χ0) is 17.6. The molecule has 2 N–H and O–H groups in total. The first-order valence-electron chi connectivity index (χ1n) is 7.72. The van der Waals surface area contributed by atoms with Crippen molar-refractivity contribution in [3.8, 4) is 11.1 Å². The number of hydrogen-bond acceptors (Lipinski definition) is 5. The Bertz CT molecular complexity index is 1060. The number of anilines is 1. The average Bonchev–Trinajstić information content (AvgIpc) is 3.13. The molecule has 4 aromatic rings. The molecule has 0 aliphatic carbocycles. The van der Waals surface area contributed by atoms with Gasteiger partial charge < -0.3 is 10.3 Å². The van der Waals surface area contributed by atoms with E-state index in [4.69, 9.17) is 0 Å². The summed E-state index contributed by atoms with van der Waals surface area (Å²) >= 11 is 1.65. The summed E-state index contributed by atoms with van der Waals surface area (Å²) in [7, 11) is 0. The molecule has 5 nitrogen and oxygen atoms in total. The lowest BCUT2D eigenvalue weighted by Crippen LogP contribution is -2.23. The van der Waals surface area contributed by atoms with Crippen molar-refractivity contribution in [3.63, 3.8) is 0 Å². The van der Waals surface area contributed by atoms with Crippen LogP contribution >= 0.6 is 11.3 Å². The monoisotopic (exact) mass is 359 g/mol. The van der Waals surface area contributed by atoms with Crippen molar-refractivity contribution >= 4 is 38.5 Å². The lowest BCUT2D eigenvalue weighted by atomic mass is 10.1. The van der Waals surface area contributed by atoms with Crippen LogP contribution in [0.3, 0.4) is 0 Å². The molecule has 128 valence electrons. The van der Waals surface area contributed by atoms with Crippen molar-refractivity contribution in [3.05, 3.63) is 35.6 Å². The van der Waals surface area contributed by atoms with Crippen LogP contribution in [0.25, 0.3) is 32.4 Å². The van der Waals surface area contributed by atoms with Crippen molar-refractivity contribution in [2.75, 3.05) is 11.9 Å². The highest BCUT2D eigenvalue weighted by Crippen LogP contribution is 2.32. The molecular weight excluding hydrogens is 344 g/mol. The highest BCUT2D eigenvalue weighted by molar-refractivity contribution is 7.18. The lowest BCUT2D eigenvalue weighted by Gasteiger charge is -2.10. The largest absolute Gasteiger partial charge is 0.348 e. The Morgan fingerprint density at radius 2 is 2.12 bits per heavy atom. The number of fused-ring (bicyclic) bond motifs is 2. The minimum Gasteiger partial charge on any atom is -0.348 e. The minimum atomic E-state index is -2.82. The first-order chi connectivity index (χ1) is 11.9. The van der Waals surface area contributed by atoms with Gasteiger partial charge in [-0.1, -0.05) is 6.07 Å². The first kappa shape index (κ1) is 15.9. The van der Waals surface area contributed by atoms with Gasteiger partial charge in [0.05, 0.1) is 21.8 Å². The molecular formula is C17H15F2N5S. The molecule has 0 atom stereocenters. The van der Waals surface area contributed by atoms with Gasteiger partial charge in [-0.2, -0.15) is 4.98 Å². The predicted molar refractivity (Wildman–Crippen MR) is 96.4 cm³/mol. The number of halogens is 2. The molecule has 0 spiro atoms. The summed E-state index contributed by atoms with van der Waals surface area (Å²) in [4.78, 5) is 16.0. The molecule has 0 unspecified atom stereocenters. The van der Waals surface area contributed by atoms with Crippen LogP contribution in [-0.2, 0) is 0 Å². The van der Waals surface area contributed by atoms with Crippen molar-refractivity contribution in [1.29, 1.82) is 0 Å². The maximum atomic E-state index is 12.9. The first-order valence-corrected chi connectivity index (χ1v) is 8.54. The molecule has 3 heterocycles. The molecule has 0 radical (unpaired) electrons. The number of alkyl halides is 2. The number of H-pyrrole nitrogens is 1. The van der Waals surface area contributed by atoms with E-state index >= 15 is 0 Å². The number of aromatic nitrogens is 4. The molecule has 25 heavy (non-hydrogen) atoms. The average molecular weight is 359 g/mol. The second-order valence-corrected chi connectivity index (χ2v) is 7.23. The van der Waals surface area contributed by atoms with Crippen LogP contribution in [0, 0.1) is 6.92 Å². The molecule has 0 bridgehead atoms. The minimum absolute atomic E-state index is 0.177. The molecule has 4 rings (SSSR count). The van der Waals surface area contributed by atoms with E-state index < -0.39 is 12.5 Å². The summed E-state index contributed by atoms with van der Waals surface area (Å²) in [5, 5.41) is 4.42. The van der Waals surface area contributed by atoms with Gasteiger partial charge in [-0.15, -0.1) is 11.3 Å². The zero-order valence-electron chi connectivity index (χ0n) is 13.6. The van der Waals surface area contributed by atoms with Crippen LogP contribution in [0.1, 0.15) is 11.9 Å². The summed E-state index contributed by atoms with van der Waals surface area (Å²) in [6.45, 7) is 2.33. The third-order valence-corrected chi connectivity index (χ3v) is 4.73. The number of benzene rings is 1. The summed E-state index contributed by atoms with van der Waals surface area (Å²) in [5.74, 6) is -2.64. The number of rotatable bonds is 4. The molecule has 1 aromatic carbocycles. The van der Waals surface area contributed by atoms with E-state index in [9.17, 15) is 8.78 Å². The van der Waals surface area contributed by atoms with Crippen molar-refractivity contribution in [2.45, 2.75) is 19.8 Å². The topological polar surface area (TPSA) is 66.5 Å². The Morgan fingerprint density at radius 3 is 2.92 bits per heavy atom. The van der Waals surface area contributed by atoms with E-state index in [1.54, 1.807) is 17.5 Å². The standard InChI is InChI=1S/C17H15F2N5S/c1-9-23-13-4-3-10(5-14(13)25-9)11-6-20-15-12(11)7-21-16(24-15)22-8-17(2,18)19/h3-7H,8H2,1-2H3,(H2,20,21,22,24). The van der Waals surface area contributed by atoms with E-state index in [1.165, 1.54) is 0 Å². The molecule has 0 aliphatic heterocycles. The Kier molecular flexibility index (Phi) is 3.64. The Labute approximate surface area is 146 Å².